The normalized spacial score (nSPS) is 24.5. The minimum atomic E-state index is -4.77. The zero-order valence-corrected chi connectivity index (χ0v) is 72.2. The quantitative estimate of drug-likeness (QED) is 0.0201. The largest absolute Gasteiger partial charge is 0.469 e. The van der Waals surface area contributed by atoms with Gasteiger partial charge in [0.05, 0.1) is 90.4 Å². The third-order valence-corrected chi connectivity index (χ3v) is 21.0. The predicted octanol–water partition coefficient (Wildman–Crippen LogP) is -4.68. The molecule has 710 valence electrons. The smallest absolute Gasteiger partial charge is 0.394 e. The number of nitrogens with one attached hydrogen (secondary N) is 10. The molecule has 4 fully saturated rings. The van der Waals surface area contributed by atoms with Gasteiger partial charge in [-0.15, -0.1) is 0 Å². The molecule has 0 saturated carbocycles. The van der Waals surface area contributed by atoms with Crippen LogP contribution in [0.2, 0.25) is 0 Å². The summed E-state index contributed by atoms with van der Waals surface area (Å²) >= 11 is 0. The van der Waals surface area contributed by atoms with E-state index < -0.39 is 161 Å². The molecule has 14 unspecified atom stereocenters. The third kappa shape index (κ3) is 46.2. The standard InChI is InChI=1S/C78H140N11O33P/c1-51(93)85-68-57(97)42-56(44-90)120-75(68)116-35-15-12-21-60(98)79-29-18-32-82-63(101)26-38-113-48-78(88-66(104)24-10-8-6-4-5-7-9-11-25-67(105)89-43-55(96)41-54(89)47-119-123(110,111)112,49-114-39-27-64(102)83-33-19-30-80-61(99)22-13-16-36-117-76-69(86-52(2)94)73(108)71(106)58(45-91)121-76)50-115-40-28-65(103)84-34-20-31-81-62(100)23-14-17-37-118-77-70(87-53(3)95)74(109)72(107)59(46-92)122-77/h54-59,68-77,90-92,96-97,106-109H,4-50H2,1-3H3,(H,79,98)(H,80,99)(H,81,100)(H,82,101)(H,83,102)(H,84,103)(H,85,93)(H,86,94)(H,87,95)(H,88,104)(H2,110,111,112)/t54-,55+,56?,57?,58?,59?,68?,69?,70?,71?,72?,73?,74?,75?,76?,77?,78?/m0/s1. The van der Waals surface area contributed by atoms with E-state index in [4.69, 9.17) is 52.4 Å². The van der Waals surface area contributed by atoms with E-state index in [0.29, 0.717) is 77.0 Å². The fourth-order valence-corrected chi connectivity index (χ4v) is 14.3. The number of hydrogen-bond acceptors (Lipinski definition) is 31. The van der Waals surface area contributed by atoms with Crippen LogP contribution in [-0.2, 0) is 104 Å². The number of aliphatic hydroxyl groups is 9. The third-order valence-electron chi connectivity index (χ3n) is 20.5. The average Bonchev–Trinajstić information content (AvgIpc) is 1.24. The number of ether oxygens (including phenoxy) is 9. The van der Waals surface area contributed by atoms with Gasteiger partial charge in [0.1, 0.15) is 60.3 Å². The van der Waals surface area contributed by atoms with Gasteiger partial charge in [0.2, 0.25) is 65.0 Å². The Morgan fingerprint density at radius 1 is 0.398 bits per heavy atom. The van der Waals surface area contributed by atoms with Crippen LogP contribution in [0.15, 0.2) is 0 Å². The summed E-state index contributed by atoms with van der Waals surface area (Å²) in [5.41, 5.74) is -1.46. The first-order chi connectivity index (χ1) is 58.8. The number of phosphoric acid groups is 1. The summed E-state index contributed by atoms with van der Waals surface area (Å²) in [4.78, 5) is 159. The monoisotopic (exact) mass is 1790 g/mol. The molecule has 4 saturated heterocycles. The van der Waals surface area contributed by atoms with Crippen LogP contribution in [0.4, 0.5) is 0 Å². The first-order valence-corrected chi connectivity index (χ1v) is 44.5. The van der Waals surface area contributed by atoms with Crippen molar-refractivity contribution in [1.82, 2.24) is 58.1 Å². The molecular formula is C78H140N11O33P. The second-order valence-corrected chi connectivity index (χ2v) is 32.5. The molecule has 44 nitrogen and oxygen atoms in total. The Bertz CT molecular complexity index is 3050. The molecule has 4 heterocycles. The number of β-amino-alcohol motifs (C(OH)–C–C–N with tert-alkyl or cyclic N) is 1. The molecule has 0 aromatic carbocycles. The molecule has 0 aromatic rings. The highest BCUT2D eigenvalue weighted by Crippen LogP contribution is 2.37. The van der Waals surface area contributed by atoms with Crippen molar-refractivity contribution in [3.8, 4) is 0 Å². The van der Waals surface area contributed by atoms with Gasteiger partial charge in [0.15, 0.2) is 18.9 Å². The van der Waals surface area contributed by atoms with Crippen molar-refractivity contribution in [2.75, 3.05) is 132 Å². The lowest BCUT2D eigenvalue weighted by molar-refractivity contribution is -0.270. The van der Waals surface area contributed by atoms with Crippen LogP contribution in [0, 0.1) is 0 Å². The van der Waals surface area contributed by atoms with Crippen molar-refractivity contribution in [2.24, 2.45) is 0 Å². The van der Waals surface area contributed by atoms with Crippen molar-refractivity contribution < 1.29 is 160 Å². The van der Waals surface area contributed by atoms with E-state index in [1.807, 2.05) is 0 Å². The van der Waals surface area contributed by atoms with E-state index >= 15 is 0 Å². The van der Waals surface area contributed by atoms with Crippen molar-refractivity contribution in [2.45, 2.75) is 298 Å². The van der Waals surface area contributed by atoms with Gasteiger partial charge in [0.25, 0.3) is 0 Å². The number of amides is 11. The van der Waals surface area contributed by atoms with Gasteiger partial charge in [-0.3, -0.25) is 57.3 Å². The Hall–Kier alpha value is -6.44. The Balaban J connectivity index is 1.31. The van der Waals surface area contributed by atoms with Crippen LogP contribution >= 0.6 is 7.82 Å². The zero-order valence-electron chi connectivity index (χ0n) is 71.3. The Kier molecular flexibility index (Phi) is 54.8. The van der Waals surface area contributed by atoms with Crippen LogP contribution < -0.4 is 53.2 Å². The molecule has 16 atom stereocenters. The summed E-state index contributed by atoms with van der Waals surface area (Å²) < 4.78 is 68.3. The van der Waals surface area contributed by atoms with E-state index in [-0.39, 0.29) is 212 Å². The minimum absolute atomic E-state index is 0.0495. The highest BCUT2D eigenvalue weighted by Gasteiger charge is 2.47. The molecule has 4 aliphatic heterocycles. The maximum absolute atomic E-state index is 14.1. The van der Waals surface area contributed by atoms with Gasteiger partial charge in [-0.2, -0.15) is 0 Å². The second kappa shape index (κ2) is 61.9. The number of phosphoric ester groups is 1. The van der Waals surface area contributed by atoms with E-state index in [1.54, 1.807) is 0 Å². The second-order valence-electron chi connectivity index (χ2n) is 31.3. The first-order valence-electron chi connectivity index (χ1n) is 42.9. The molecule has 21 N–H and O–H groups in total. The molecule has 45 heteroatoms. The maximum atomic E-state index is 14.1. The Labute approximate surface area is 717 Å². The van der Waals surface area contributed by atoms with Crippen molar-refractivity contribution in [3.05, 3.63) is 0 Å². The topological polar surface area (TPSA) is 643 Å². The highest BCUT2D eigenvalue weighted by molar-refractivity contribution is 7.46. The molecule has 0 bridgehead atoms. The average molecular weight is 1790 g/mol. The number of rotatable bonds is 66. The molecule has 0 aromatic heterocycles. The van der Waals surface area contributed by atoms with Crippen LogP contribution in [0.5, 0.6) is 0 Å². The summed E-state index contributed by atoms with van der Waals surface area (Å²) in [6, 6.07) is -3.70. The van der Waals surface area contributed by atoms with Gasteiger partial charge >= 0.3 is 7.82 Å². The van der Waals surface area contributed by atoms with E-state index in [1.165, 1.54) is 25.7 Å². The molecule has 0 radical (unpaired) electrons. The number of nitrogens with zero attached hydrogens (tertiary/aromatic N) is 1. The molecule has 0 spiro atoms. The number of likely N-dealkylation sites (tertiary alicyclic amines) is 1. The van der Waals surface area contributed by atoms with Crippen molar-refractivity contribution >= 4 is 72.8 Å². The summed E-state index contributed by atoms with van der Waals surface area (Å²) in [6.07, 6.45) is -4.12. The number of unbranched alkanes of at least 4 members (excludes halogenated alkanes) is 10. The number of carbonyl (C=O) groups excluding carboxylic acids is 11. The molecule has 4 aliphatic rings. The molecule has 11 amide bonds. The molecule has 0 aliphatic carbocycles. The summed E-state index contributed by atoms with van der Waals surface area (Å²) in [5, 5.41) is 118. The summed E-state index contributed by atoms with van der Waals surface area (Å²) in [5.74, 6) is -3.95. The van der Waals surface area contributed by atoms with E-state index in [0.717, 1.165) is 32.1 Å². The maximum Gasteiger partial charge on any atom is 0.469 e. The number of carbonyl (C=O) groups is 11. The van der Waals surface area contributed by atoms with Crippen LogP contribution in [0.3, 0.4) is 0 Å². The highest BCUT2D eigenvalue weighted by atomic mass is 31.2. The SMILES string of the molecule is CC(=O)NC1C(O)CC(CO)OC1OCCCCC(=O)NCCCNC(=O)CCOCC(COCCC(=O)NCCCNC(=O)CCCCOC1OC(CO)C(O)C(O)C1NC(C)=O)(COCCC(=O)NCCCNC(=O)CCCCOC1OC(CO)C(O)C(O)C1NC(C)=O)NC(=O)CCCCCCCCCCC(=O)N1C[C@H](O)C[C@H]1COP(=O)(O)O. The fourth-order valence-electron chi connectivity index (χ4n) is 13.9. The zero-order chi connectivity index (χ0) is 90.5. The fraction of sp³-hybridized carbons (Fsp3) is 0.859. The summed E-state index contributed by atoms with van der Waals surface area (Å²) in [6.45, 7) is 2.17. The van der Waals surface area contributed by atoms with Gasteiger partial charge < -0.3 is 156 Å². The Morgan fingerprint density at radius 2 is 0.740 bits per heavy atom. The molecular weight excluding hydrogens is 1650 g/mol. The van der Waals surface area contributed by atoms with Gasteiger partial charge in [0, 0.05) is 144 Å². The first kappa shape index (κ1) is 109. The van der Waals surface area contributed by atoms with Crippen LogP contribution in [0.1, 0.15) is 194 Å². The van der Waals surface area contributed by atoms with Crippen LogP contribution in [-0.4, -0.2) is 361 Å². The van der Waals surface area contributed by atoms with Crippen molar-refractivity contribution in [3.63, 3.8) is 0 Å². The predicted molar refractivity (Wildman–Crippen MR) is 433 cm³/mol. The lowest BCUT2D eigenvalue weighted by atomic mass is 9.97. The molecule has 4 rings (SSSR count). The molecule has 123 heavy (non-hydrogen) atoms. The van der Waals surface area contributed by atoms with Gasteiger partial charge in [-0.25, -0.2) is 4.57 Å². The van der Waals surface area contributed by atoms with Crippen molar-refractivity contribution in [1.29, 1.82) is 0 Å². The lowest BCUT2D eigenvalue weighted by Gasteiger charge is -2.42. The van der Waals surface area contributed by atoms with E-state index in [2.05, 4.69) is 57.7 Å². The Morgan fingerprint density at radius 3 is 1.11 bits per heavy atom. The van der Waals surface area contributed by atoms with E-state index in [9.17, 15) is 103 Å². The lowest BCUT2D eigenvalue weighted by Crippen LogP contribution is -2.64. The van der Waals surface area contributed by atoms with Crippen LogP contribution in [0.25, 0.3) is 0 Å². The number of hydrogen-bond donors (Lipinski definition) is 21. The minimum Gasteiger partial charge on any atom is -0.394 e. The number of aliphatic hydroxyl groups excluding tert-OH is 9. The van der Waals surface area contributed by atoms with Gasteiger partial charge in [-0.05, 0) is 77.0 Å². The summed E-state index contributed by atoms with van der Waals surface area (Å²) in [7, 11) is -4.77. The van der Waals surface area contributed by atoms with Gasteiger partial charge in [-0.1, -0.05) is 38.5 Å².